The fourth-order valence-electron chi connectivity index (χ4n) is 8.92. The van der Waals surface area contributed by atoms with E-state index in [9.17, 15) is 20.1 Å². The Bertz CT molecular complexity index is 3510. The van der Waals surface area contributed by atoms with Crippen LogP contribution in [0.1, 0.15) is 79.7 Å². The summed E-state index contributed by atoms with van der Waals surface area (Å²) in [5.41, 5.74) is 14.1. The van der Waals surface area contributed by atoms with Crippen molar-refractivity contribution in [2.45, 2.75) is 86.0 Å². The van der Waals surface area contributed by atoms with E-state index in [4.69, 9.17) is 16.3 Å². The minimum Gasteiger partial charge on any atom is -0.506 e. The Hall–Kier alpha value is -7.32. The van der Waals surface area contributed by atoms with Gasteiger partial charge in [0, 0.05) is 11.4 Å². The predicted octanol–water partition coefficient (Wildman–Crippen LogP) is 11.1. The zero-order valence-electron chi connectivity index (χ0n) is 37.8. The molecule has 0 bridgehead atoms. The maximum atomic E-state index is 12.1. The Balaban J connectivity index is 0.000000124. The number of benzene rings is 6. The van der Waals surface area contributed by atoms with E-state index >= 15 is 0 Å². The van der Waals surface area contributed by atoms with E-state index in [-0.39, 0.29) is 11.7 Å². The summed E-state index contributed by atoms with van der Waals surface area (Å²) in [6.07, 6.45) is 7.95. The van der Waals surface area contributed by atoms with E-state index in [0.29, 0.717) is 41.7 Å². The molecule has 340 valence electrons. The number of hydrogen-bond acceptors (Lipinski definition) is 5. The average Bonchev–Trinajstić information content (AvgIpc) is 4.24. The number of aryl methyl sites for hydroxylation is 5. The van der Waals surface area contributed by atoms with E-state index in [0.717, 1.165) is 63.1 Å². The van der Waals surface area contributed by atoms with Crippen LogP contribution in [0.15, 0.2) is 109 Å². The van der Waals surface area contributed by atoms with Gasteiger partial charge in [-0.05, 0) is 135 Å². The minimum absolute atomic E-state index is 0.165. The molecule has 0 spiro atoms. The first kappa shape index (κ1) is 42.6. The first-order chi connectivity index (χ1) is 32.0. The number of rotatable bonds is 13. The van der Waals surface area contributed by atoms with Gasteiger partial charge in [-0.2, -0.15) is 0 Å². The average molecular weight is 909 g/mol. The highest BCUT2D eigenvalue weighted by Crippen LogP contribution is 2.36. The molecule has 0 aliphatic rings. The summed E-state index contributed by atoms with van der Waals surface area (Å²) in [4.78, 5) is 18.0. The lowest BCUT2D eigenvalue weighted by Gasteiger charge is -2.08. The number of hydrogen-bond donors (Lipinski definition) is 3. The number of phenols is 3. The van der Waals surface area contributed by atoms with Crippen LogP contribution in [-0.4, -0.2) is 70.1 Å². The van der Waals surface area contributed by atoms with Crippen LogP contribution in [0.2, 0.25) is 5.02 Å². The highest BCUT2D eigenvalue weighted by atomic mass is 35.5. The number of unbranched alkanes of at least 4 members (excludes halogenated alkanes) is 5. The largest absolute Gasteiger partial charge is 0.506 e. The van der Waals surface area contributed by atoms with Crippen molar-refractivity contribution in [3.05, 3.63) is 142 Å². The predicted molar refractivity (Wildman–Crippen MR) is 258 cm³/mol. The van der Waals surface area contributed by atoms with Gasteiger partial charge in [-0.3, -0.25) is 4.79 Å². The number of esters is 1. The van der Waals surface area contributed by atoms with E-state index in [1.54, 1.807) is 6.07 Å². The lowest BCUT2D eigenvalue weighted by Crippen LogP contribution is -2.07. The van der Waals surface area contributed by atoms with Crippen molar-refractivity contribution in [2.75, 3.05) is 6.61 Å². The standard InChI is InChI=1S/C24H30ClN3O3.C14H13N3O.C13H11N3O/c1-3-4-5-6-7-8-13-31-23(29)12-9-18-14-17(2)24(30)22(15-18)28-26-20-11-10-19(25)16-21(20)27(26)28;1-9-7-10(2)14(18)13(8-9)17-15-11-5-3-4-6-12(11)16(15)17;1-9-6-7-13(17)12(8-9)16-14-10-4-2-3-5-11(10)15(14)16/h10-11,14-16,30H,3-9,12-13H2,1-2H3;3-8,18H,1-2H3;2-8,17H,1H3. The molecule has 0 fully saturated rings. The fourth-order valence-corrected chi connectivity index (χ4v) is 9.08. The lowest BCUT2D eigenvalue weighted by molar-refractivity contribution is -0.143. The maximum absolute atomic E-state index is 12.1. The lowest BCUT2D eigenvalue weighted by atomic mass is 10.0. The number of carbonyl (C=O) groups excluding carboxylic acids is 1. The molecule has 6 aromatic carbocycles. The van der Waals surface area contributed by atoms with Crippen molar-refractivity contribution >= 4 is 50.7 Å². The maximum Gasteiger partial charge on any atom is 0.306 e. The first-order valence-electron chi connectivity index (χ1n) is 22.7. The molecule has 0 saturated heterocycles. The van der Waals surface area contributed by atoms with Crippen molar-refractivity contribution in [1.29, 1.82) is 0 Å². The summed E-state index contributed by atoms with van der Waals surface area (Å²) in [6.45, 7) is 10.6. The number of carbonyl (C=O) groups is 1. The van der Waals surface area contributed by atoms with Crippen LogP contribution in [0.3, 0.4) is 0 Å². The van der Waals surface area contributed by atoms with Gasteiger partial charge in [0.1, 0.15) is 67.4 Å². The molecule has 0 saturated carbocycles. The molecule has 14 nitrogen and oxygen atoms in total. The molecule has 0 atom stereocenters. The number of halogens is 1. The van der Waals surface area contributed by atoms with Gasteiger partial charge in [-0.1, -0.05) is 93.1 Å². The van der Waals surface area contributed by atoms with Gasteiger partial charge in [0.15, 0.2) is 0 Å². The van der Waals surface area contributed by atoms with Crippen LogP contribution in [0.4, 0.5) is 0 Å². The van der Waals surface area contributed by atoms with Gasteiger partial charge in [-0.25, -0.2) is 0 Å². The van der Waals surface area contributed by atoms with E-state index in [2.05, 4.69) is 31.2 Å². The number of phenolic OH excluding ortho intramolecular Hbond substituents is 3. The quantitative estimate of drug-likeness (QED) is 0.0784. The second-order valence-corrected chi connectivity index (χ2v) is 17.9. The van der Waals surface area contributed by atoms with Gasteiger partial charge in [-0.15, -0.1) is 42.2 Å². The normalized spacial score (nSPS) is 12.0. The molecular formula is C51H54ClN9O5. The number of nitrogens with zero attached hydrogens (tertiary/aromatic N) is 9. The molecule has 12 aromatic rings. The minimum atomic E-state index is -0.165. The van der Waals surface area contributed by atoms with Gasteiger partial charge in [0.05, 0.1) is 6.61 Å². The molecule has 0 radical (unpaired) electrons. The summed E-state index contributed by atoms with van der Waals surface area (Å²) in [7, 11) is 0. The Labute approximate surface area is 385 Å². The number of aromatic hydroxyl groups is 3. The van der Waals surface area contributed by atoms with E-state index in [1.165, 1.54) is 47.8 Å². The molecule has 0 aliphatic heterocycles. The number of fused-ring (bicyclic) bond motifs is 12. The Morgan fingerprint density at radius 2 is 1.03 bits per heavy atom. The molecule has 0 amide bonds. The van der Waals surface area contributed by atoms with Crippen LogP contribution in [0.25, 0.3) is 50.2 Å². The molecule has 6 heterocycles. The molecule has 66 heavy (non-hydrogen) atoms. The summed E-state index contributed by atoms with van der Waals surface area (Å²) >= 11 is 6.10. The third kappa shape index (κ3) is 7.54. The zero-order valence-corrected chi connectivity index (χ0v) is 38.6. The summed E-state index contributed by atoms with van der Waals surface area (Å²) in [6, 6.07) is 35.6. The second-order valence-electron chi connectivity index (χ2n) is 17.4. The third-order valence-corrected chi connectivity index (χ3v) is 12.7. The topological polar surface area (TPSA) is 128 Å². The SMILES string of the molecule is CCCCCCCCOC(=O)CCc1cc(C)c(O)c(-n2n3c4ccc(Cl)cc4n23)c1.Cc1cc(C)c(O)c(-n2n3c4ccccc4n23)c1.Cc1ccc(O)c(-n2n3c4ccccc4n23)c1. The summed E-state index contributed by atoms with van der Waals surface area (Å²) in [5, 5.41) is 31.4. The molecule has 0 aliphatic carbocycles. The Kier molecular flexibility index (Phi) is 10.9. The third-order valence-electron chi connectivity index (χ3n) is 12.4. The van der Waals surface area contributed by atoms with Crippen LogP contribution < -0.4 is 0 Å². The van der Waals surface area contributed by atoms with Crippen LogP contribution in [0.5, 0.6) is 17.2 Å². The first-order valence-corrected chi connectivity index (χ1v) is 23.1. The van der Waals surface area contributed by atoms with Gasteiger partial charge in [0.25, 0.3) is 0 Å². The molecular weight excluding hydrogens is 854 g/mol. The van der Waals surface area contributed by atoms with Crippen molar-refractivity contribution in [1.82, 2.24) is 42.2 Å². The highest BCUT2D eigenvalue weighted by molar-refractivity contribution is 6.31. The van der Waals surface area contributed by atoms with Crippen molar-refractivity contribution < 1.29 is 24.9 Å². The van der Waals surface area contributed by atoms with Crippen LogP contribution in [-0.2, 0) is 16.0 Å². The van der Waals surface area contributed by atoms with Crippen molar-refractivity contribution in [2.24, 2.45) is 0 Å². The second kappa shape index (κ2) is 16.9. The van der Waals surface area contributed by atoms with Crippen molar-refractivity contribution in [3.8, 4) is 34.3 Å². The summed E-state index contributed by atoms with van der Waals surface area (Å²) in [5.74, 6) is 0.722. The molecule has 0 unspecified atom stereocenters. The number of aromatic nitrogens is 9. The van der Waals surface area contributed by atoms with Gasteiger partial charge in [0.2, 0.25) is 0 Å². The molecule has 3 N–H and O–H groups in total. The van der Waals surface area contributed by atoms with Crippen LogP contribution >= 0.6 is 11.6 Å². The van der Waals surface area contributed by atoms with Crippen molar-refractivity contribution in [3.63, 3.8) is 0 Å². The fraction of sp³-hybridized carbons (Fsp3) is 0.275. The Morgan fingerprint density at radius 3 is 1.64 bits per heavy atom. The smallest absolute Gasteiger partial charge is 0.306 e. The zero-order chi connectivity index (χ0) is 46.0. The monoisotopic (exact) mass is 907 g/mol. The Morgan fingerprint density at radius 1 is 0.530 bits per heavy atom. The molecule has 12 rings (SSSR count). The van der Waals surface area contributed by atoms with Gasteiger partial charge < -0.3 is 20.1 Å². The number of para-hydroxylation sites is 4. The summed E-state index contributed by atoms with van der Waals surface area (Å²) < 4.78 is 17.5. The molecule has 6 aromatic heterocycles. The number of ether oxygens (including phenoxy) is 1. The van der Waals surface area contributed by atoms with E-state index in [1.807, 2.05) is 149 Å². The van der Waals surface area contributed by atoms with Gasteiger partial charge >= 0.3 is 5.97 Å². The molecule has 15 heteroatoms. The highest BCUT2D eigenvalue weighted by Gasteiger charge is 2.28. The van der Waals surface area contributed by atoms with E-state index < -0.39 is 0 Å². The van der Waals surface area contributed by atoms with Crippen LogP contribution in [0, 0.1) is 27.7 Å².